The summed E-state index contributed by atoms with van der Waals surface area (Å²) in [6.07, 6.45) is -35.6. The van der Waals surface area contributed by atoms with E-state index in [4.69, 9.17) is 0 Å². The second-order valence-corrected chi connectivity index (χ2v) is 15.5. The number of amides is 3. The van der Waals surface area contributed by atoms with Crippen molar-refractivity contribution in [3.8, 4) is 0 Å². The van der Waals surface area contributed by atoms with Crippen LogP contribution in [0.15, 0.2) is 0 Å². The highest BCUT2D eigenvalue weighted by molar-refractivity contribution is 6.08. The van der Waals surface area contributed by atoms with Gasteiger partial charge in [0.1, 0.15) is 97.7 Å². The minimum Gasteiger partial charge on any atom is -0.394 e. The van der Waals surface area contributed by atoms with E-state index in [2.05, 4.69) is 5.32 Å². The first-order chi connectivity index (χ1) is 29.7. The molecule has 0 aliphatic rings. The first kappa shape index (κ1) is 58.8. The van der Waals surface area contributed by atoms with Crippen LogP contribution in [0.25, 0.3) is 0 Å². The lowest BCUT2D eigenvalue weighted by Crippen LogP contribution is -2.55. The van der Waals surface area contributed by atoms with Gasteiger partial charge in [0.05, 0.1) is 26.4 Å². The Morgan fingerprint density at radius 1 is 0.406 bits per heavy atom. The van der Waals surface area contributed by atoms with Crippen molar-refractivity contribution in [1.29, 1.82) is 0 Å². The van der Waals surface area contributed by atoms with E-state index in [1.165, 1.54) is 20.8 Å². The number of hydrogen-bond donors (Lipinski definition) is 21. The van der Waals surface area contributed by atoms with E-state index in [-0.39, 0.29) is 28.8 Å². The molecule has 1 rings (SSSR count). The second-order valence-electron chi connectivity index (χ2n) is 15.5. The average molecular weight is 934 g/mol. The Morgan fingerprint density at radius 3 is 0.828 bits per heavy atom. The maximum absolute atomic E-state index is 14.8. The molecule has 64 heavy (non-hydrogen) atoms. The summed E-state index contributed by atoms with van der Waals surface area (Å²) >= 11 is 0. The summed E-state index contributed by atoms with van der Waals surface area (Å²) in [6, 6.07) is 0. The molecule has 0 aromatic heterocycles. The minimum atomic E-state index is -2.33. The third-order valence-electron chi connectivity index (χ3n) is 10.8. The van der Waals surface area contributed by atoms with Gasteiger partial charge in [0.2, 0.25) is 5.91 Å². The fourth-order valence-electron chi connectivity index (χ4n) is 6.66. The predicted molar refractivity (Wildman–Crippen MR) is 216 cm³/mol. The van der Waals surface area contributed by atoms with Crippen molar-refractivity contribution in [2.24, 2.45) is 0 Å². The van der Waals surface area contributed by atoms with Gasteiger partial charge < -0.3 is 117 Å². The smallest absolute Gasteiger partial charge is 0.254 e. The zero-order valence-electron chi connectivity index (χ0n) is 35.7. The molecule has 0 heterocycles. The van der Waals surface area contributed by atoms with E-state index < -0.39 is 179 Å². The van der Waals surface area contributed by atoms with Crippen molar-refractivity contribution in [2.75, 3.05) is 57.9 Å². The van der Waals surface area contributed by atoms with Gasteiger partial charge in [0.25, 0.3) is 11.8 Å². The molecule has 0 aliphatic heterocycles. The van der Waals surface area contributed by atoms with Gasteiger partial charge in [-0.2, -0.15) is 0 Å². The van der Waals surface area contributed by atoms with Gasteiger partial charge in [0.15, 0.2) is 0 Å². The number of aliphatic hydroxyl groups is 20. The van der Waals surface area contributed by atoms with Crippen LogP contribution in [-0.2, 0) is 4.79 Å². The highest BCUT2D eigenvalue weighted by Gasteiger charge is 2.40. The van der Waals surface area contributed by atoms with Crippen molar-refractivity contribution >= 4 is 23.4 Å². The van der Waals surface area contributed by atoms with Gasteiger partial charge in [-0.15, -0.1) is 0 Å². The first-order valence-corrected chi connectivity index (χ1v) is 20.0. The summed E-state index contributed by atoms with van der Waals surface area (Å²) in [5.41, 5.74) is -1.90. The summed E-state index contributed by atoms with van der Waals surface area (Å²) in [7, 11) is 0. The lowest BCUT2D eigenvalue weighted by atomic mass is 9.88. The maximum Gasteiger partial charge on any atom is 0.254 e. The summed E-state index contributed by atoms with van der Waals surface area (Å²) < 4.78 is 0. The topological polar surface area (TPSA) is 474 Å². The van der Waals surface area contributed by atoms with Crippen molar-refractivity contribution in [3.05, 3.63) is 27.8 Å². The van der Waals surface area contributed by atoms with Crippen molar-refractivity contribution < 1.29 is 117 Å². The number of benzene rings is 1. The Balaban J connectivity index is 4.25. The molecule has 21 N–H and O–H groups in total. The van der Waals surface area contributed by atoms with Gasteiger partial charge in [-0.1, -0.05) is 6.92 Å². The van der Waals surface area contributed by atoms with Gasteiger partial charge in [-0.25, -0.2) is 0 Å². The molecule has 0 aliphatic carbocycles. The molecule has 0 saturated heterocycles. The monoisotopic (exact) mass is 933 g/mol. The molecular weight excluding hydrogens is 866 g/mol. The molecular formula is C38H67N3O23. The maximum atomic E-state index is 14.8. The standard InChI is InChI=1S/C38H67N3O23/c1-5-25(54)39-28-15(3)26(37(63)40(6-17(46)29(55)33(59)21(50)10-42)7-18(47)30(56)34(60)22(51)11-43)14(2)27(16(28)4)38(64)41(8-19(48)31(57)35(61)23(52)12-44)9-20(49)32(58)36(62)24(53)13-45/h17-24,29-36,42-53,55-62H,5-13H2,1-4H3,(H,39,54). The number of nitrogens with one attached hydrogen (secondary N) is 1. The van der Waals surface area contributed by atoms with Crippen LogP contribution in [0.3, 0.4) is 0 Å². The van der Waals surface area contributed by atoms with E-state index in [0.29, 0.717) is 9.80 Å². The molecule has 0 radical (unpaired) electrons. The minimum absolute atomic E-state index is 0.125. The lowest BCUT2D eigenvalue weighted by molar-refractivity contribution is -0.127. The Bertz CT molecular complexity index is 1460. The number of hydrogen-bond acceptors (Lipinski definition) is 23. The van der Waals surface area contributed by atoms with E-state index in [1.807, 2.05) is 0 Å². The van der Waals surface area contributed by atoms with E-state index in [0.717, 1.165) is 6.92 Å². The molecule has 1 aromatic rings. The Kier molecular flexibility index (Phi) is 24.7. The quantitative estimate of drug-likeness (QED) is 0.0371. The number of aliphatic hydroxyl groups excluding tert-OH is 20. The third kappa shape index (κ3) is 14.9. The largest absolute Gasteiger partial charge is 0.394 e. The lowest BCUT2D eigenvalue weighted by Gasteiger charge is -2.35. The Hall–Kier alpha value is -3.17. The fourth-order valence-corrected chi connectivity index (χ4v) is 6.66. The average Bonchev–Trinajstić information content (AvgIpc) is 3.28. The molecule has 16 atom stereocenters. The molecule has 0 bridgehead atoms. The number of rotatable bonds is 28. The van der Waals surface area contributed by atoms with Crippen LogP contribution >= 0.6 is 0 Å². The van der Waals surface area contributed by atoms with Crippen molar-refractivity contribution in [2.45, 2.75) is 132 Å². The normalized spacial score (nSPS) is 19.6. The van der Waals surface area contributed by atoms with E-state index in [1.54, 1.807) is 0 Å². The molecule has 372 valence electrons. The summed E-state index contributed by atoms with van der Waals surface area (Å²) in [4.78, 5) is 43.4. The molecule has 26 nitrogen and oxygen atoms in total. The van der Waals surface area contributed by atoms with E-state index in [9.17, 15) is 117 Å². The Labute approximate surface area is 367 Å². The van der Waals surface area contributed by atoms with Crippen molar-refractivity contribution in [3.63, 3.8) is 0 Å². The van der Waals surface area contributed by atoms with Gasteiger partial charge in [-0.05, 0) is 37.5 Å². The molecule has 26 heteroatoms. The van der Waals surface area contributed by atoms with Crippen LogP contribution in [0, 0.1) is 20.8 Å². The first-order valence-electron chi connectivity index (χ1n) is 20.0. The van der Waals surface area contributed by atoms with Gasteiger partial charge in [-0.3, -0.25) is 14.4 Å². The second kappa shape index (κ2) is 26.8. The van der Waals surface area contributed by atoms with Gasteiger partial charge in [0, 0.05) is 49.4 Å². The predicted octanol–water partition coefficient (Wildman–Crippen LogP) is -10.4. The zero-order valence-corrected chi connectivity index (χ0v) is 35.7. The third-order valence-corrected chi connectivity index (χ3v) is 10.8. The van der Waals surface area contributed by atoms with Crippen LogP contribution in [-0.4, -0.2) is 280 Å². The van der Waals surface area contributed by atoms with Crippen LogP contribution in [0.5, 0.6) is 0 Å². The summed E-state index contributed by atoms with van der Waals surface area (Å²) in [6.45, 7) is -3.76. The molecule has 1 aromatic carbocycles. The summed E-state index contributed by atoms with van der Waals surface area (Å²) in [5.74, 6) is -3.30. The van der Waals surface area contributed by atoms with Crippen LogP contribution in [0.4, 0.5) is 5.69 Å². The molecule has 0 spiro atoms. The molecule has 0 saturated carbocycles. The molecule has 16 unspecified atom stereocenters. The van der Waals surface area contributed by atoms with Crippen LogP contribution in [0.2, 0.25) is 0 Å². The zero-order chi connectivity index (χ0) is 49.7. The van der Waals surface area contributed by atoms with Crippen LogP contribution < -0.4 is 5.32 Å². The number of carbonyl (C=O) groups excluding carboxylic acids is 3. The SMILES string of the molecule is CCC(=O)Nc1c(C)c(C(=O)N(CC(O)C(O)C(O)C(O)CO)CC(O)C(O)C(O)C(O)CO)c(C)c(C(=O)N(CC(O)C(O)C(O)C(O)CO)CC(O)C(O)C(O)C(O)CO)c1C. The summed E-state index contributed by atoms with van der Waals surface area (Å²) in [5, 5.41) is 206. The van der Waals surface area contributed by atoms with Gasteiger partial charge >= 0.3 is 0 Å². The van der Waals surface area contributed by atoms with Crippen LogP contribution in [0.1, 0.15) is 50.8 Å². The fraction of sp³-hybridized carbons (Fsp3) is 0.763. The number of nitrogens with zero attached hydrogens (tertiary/aromatic N) is 2. The van der Waals surface area contributed by atoms with Crippen molar-refractivity contribution in [1.82, 2.24) is 9.80 Å². The highest BCUT2D eigenvalue weighted by atomic mass is 16.4. The number of carbonyl (C=O) groups is 3. The Morgan fingerprint density at radius 2 is 0.625 bits per heavy atom. The highest BCUT2D eigenvalue weighted by Crippen LogP contribution is 2.34. The molecule has 0 fully saturated rings. The van der Waals surface area contributed by atoms with E-state index >= 15 is 0 Å². The number of anilines is 1. The molecule has 3 amide bonds.